The Morgan fingerprint density at radius 1 is 1.54 bits per heavy atom. The lowest BCUT2D eigenvalue weighted by Gasteiger charge is -2.06. The summed E-state index contributed by atoms with van der Waals surface area (Å²) in [7, 11) is 0. The van der Waals surface area contributed by atoms with Crippen molar-refractivity contribution in [1.82, 2.24) is 0 Å². The number of nitrogens with two attached hydrogens (primary N) is 1. The Hall–Kier alpha value is -0.580. The van der Waals surface area contributed by atoms with E-state index in [0.29, 0.717) is 13.0 Å². The normalized spacial score (nSPS) is 10.4. The summed E-state index contributed by atoms with van der Waals surface area (Å²) in [5.74, 6) is 5.19. The van der Waals surface area contributed by atoms with Crippen molar-refractivity contribution in [2.45, 2.75) is 13.3 Å². The Bertz CT molecular complexity index is 302. The highest BCUT2D eigenvalue weighted by Crippen LogP contribution is 2.26. The van der Waals surface area contributed by atoms with E-state index in [1.807, 2.05) is 13.0 Å². The number of rotatable bonds is 3. The molecule has 13 heavy (non-hydrogen) atoms. The van der Waals surface area contributed by atoms with E-state index in [9.17, 15) is 5.11 Å². The van der Waals surface area contributed by atoms with Gasteiger partial charge in [-0.1, -0.05) is 15.9 Å². The summed E-state index contributed by atoms with van der Waals surface area (Å²) in [5.41, 5.74) is 1.85. The summed E-state index contributed by atoms with van der Waals surface area (Å²) in [6.45, 7) is 2.33. The summed E-state index contributed by atoms with van der Waals surface area (Å²) < 4.78 is 0.984. The van der Waals surface area contributed by atoms with Crippen LogP contribution in [0.1, 0.15) is 11.1 Å². The van der Waals surface area contributed by atoms with Crippen LogP contribution in [-0.4, -0.2) is 11.7 Å². The molecule has 0 radical (unpaired) electrons. The van der Waals surface area contributed by atoms with E-state index in [4.69, 9.17) is 5.90 Å². The van der Waals surface area contributed by atoms with Gasteiger partial charge in [0, 0.05) is 10.9 Å². The number of phenolic OH excluding ortho intramolecular Hbond substituents is 1. The van der Waals surface area contributed by atoms with Crippen LogP contribution in [0.4, 0.5) is 0 Å². The molecule has 0 aromatic heterocycles. The van der Waals surface area contributed by atoms with Crippen LogP contribution in [0.5, 0.6) is 5.75 Å². The molecule has 0 aliphatic heterocycles. The number of phenols is 1. The zero-order chi connectivity index (χ0) is 9.84. The van der Waals surface area contributed by atoms with Gasteiger partial charge in [0.2, 0.25) is 0 Å². The van der Waals surface area contributed by atoms with Crippen LogP contribution in [0, 0.1) is 6.92 Å². The number of benzene rings is 1. The Labute approximate surface area is 85.6 Å². The second kappa shape index (κ2) is 4.60. The first-order chi connectivity index (χ1) is 6.15. The van der Waals surface area contributed by atoms with Crippen LogP contribution in [0.25, 0.3) is 0 Å². The van der Waals surface area contributed by atoms with Crippen molar-refractivity contribution in [1.29, 1.82) is 0 Å². The Morgan fingerprint density at radius 3 is 2.85 bits per heavy atom. The van der Waals surface area contributed by atoms with Gasteiger partial charge in [0.1, 0.15) is 5.75 Å². The van der Waals surface area contributed by atoms with Crippen molar-refractivity contribution in [2.75, 3.05) is 6.61 Å². The van der Waals surface area contributed by atoms with Gasteiger partial charge in [-0.05, 0) is 30.2 Å². The van der Waals surface area contributed by atoms with Gasteiger partial charge < -0.3 is 9.94 Å². The largest absolute Gasteiger partial charge is 0.508 e. The van der Waals surface area contributed by atoms with E-state index in [2.05, 4.69) is 20.8 Å². The van der Waals surface area contributed by atoms with Crippen LogP contribution in [0.2, 0.25) is 0 Å². The summed E-state index contributed by atoms with van der Waals surface area (Å²) in [5, 5.41) is 9.53. The molecule has 0 heterocycles. The third-order valence-corrected chi connectivity index (χ3v) is 2.70. The van der Waals surface area contributed by atoms with E-state index in [-0.39, 0.29) is 5.75 Å². The molecule has 3 N–H and O–H groups in total. The average Bonchev–Trinajstić information content (AvgIpc) is 2.09. The van der Waals surface area contributed by atoms with E-state index in [1.54, 1.807) is 6.07 Å². The van der Waals surface area contributed by atoms with Crippen molar-refractivity contribution < 1.29 is 9.94 Å². The second-order valence-corrected chi connectivity index (χ2v) is 3.71. The highest BCUT2D eigenvalue weighted by Gasteiger charge is 2.04. The van der Waals surface area contributed by atoms with Crippen LogP contribution in [-0.2, 0) is 11.3 Å². The SMILES string of the molecule is Cc1cc(O)c(CCON)cc1Br. The van der Waals surface area contributed by atoms with Crippen molar-refractivity contribution in [3.8, 4) is 5.75 Å². The summed E-state index contributed by atoms with van der Waals surface area (Å²) in [6.07, 6.45) is 0.612. The molecular weight excluding hydrogens is 234 g/mol. The fourth-order valence-electron chi connectivity index (χ4n) is 1.08. The lowest BCUT2D eigenvalue weighted by Crippen LogP contribution is -2.03. The molecule has 0 aliphatic carbocycles. The van der Waals surface area contributed by atoms with Gasteiger partial charge in [0.15, 0.2) is 0 Å². The lowest BCUT2D eigenvalue weighted by molar-refractivity contribution is 0.140. The Morgan fingerprint density at radius 2 is 2.23 bits per heavy atom. The van der Waals surface area contributed by atoms with Crippen molar-refractivity contribution in [3.05, 3.63) is 27.7 Å². The lowest BCUT2D eigenvalue weighted by atomic mass is 10.1. The van der Waals surface area contributed by atoms with Crippen LogP contribution in [0.3, 0.4) is 0 Å². The molecule has 72 valence electrons. The quantitative estimate of drug-likeness (QED) is 0.801. The Kier molecular flexibility index (Phi) is 3.71. The highest BCUT2D eigenvalue weighted by molar-refractivity contribution is 9.10. The third kappa shape index (κ3) is 2.69. The van der Waals surface area contributed by atoms with Crippen LogP contribution >= 0.6 is 15.9 Å². The summed E-state index contributed by atoms with van der Waals surface area (Å²) >= 11 is 3.39. The molecule has 4 heteroatoms. The molecule has 0 fully saturated rings. The maximum absolute atomic E-state index is 9.53. The monoisotopic (exact) mass is 245 g/mol. The van der Waals surface area contributed by atoms with Gasteiger partial charge >= 0.3 is 0 Å². The first-order valence-electron chi connectivity index (χ1n) is 3.95. The minimum atomic E-state index is 0.290. The zero-order valence-corrected chi connectivity index (χ0v) is 8.97. The topological polar surface area (TPSA) is 55.5 Å². The number of hydrogen-bond donors (Lipinski definition) is 2. The van der Waals surface area contributed by atoms with E-state index in [0.717, 1.165) is 15.6 Å². The molecule has 0 saturated carbocycles. The fourth-order valence-corrected chi connectivity index (χ4v) is 1.47. The van der Waals surface area contributed by atoms with Crippen LogP contribution in [0.15, 0.2) is 16.6 Å². The average molecular weight is 246 g/mol. The smallest absolute Gasteiger partial charge is 0.119 e. The molecule has 0 unspecified atom stereocenters. The third-order valence-electron chi connectivity index (χ3n) is 1.85. The van der Waals surface area contributed by atoms with Crippen molar-refractivity contribution in [2.24, 2.45) is 5.90 Å². The highest BCUT2D eigenvalue weighted by atomic mass is 79.9. The molecule has 0 amide bonds. The minimum absolute atomic E-state index is 0.290. The number of hydrogen-bond acceptors (Lipinski definition) is 3. The molecule has 0 atom stereocenters. The maximum atomic E-state index is 9.53. The van der Waals surface area contributed by atoms with E-state index < -0.39 is 0 Å². The van der Waals surface area contributed by atoms with Crippen molar-refractivity contribution in [3.63, 3.8) is 0 Å². The van der Waals surface area contributed by atoms with Gasteiger partial charge in [0.25, 0.3) is 0 Å². The van der Waals surface area contributed by atoms with E-state index >= 15 is 0 Å². The number of aromatic hydroxyl groups is 1. The fraction of sp³-hybridized carbons (Fsp3) is 0.333. The van der Waals surface area contributed by atoms with Crippen LogP contribution < -0.4 is 5.90 Å². The molecule has 1 rings (SSSR count). The predicted molar refractivity (Wildman–Crippen MR) is 54.4 cm³/mol. The molecule has 0 spiro atoms. The first-order valence-corrected chi connectivity index (χ1v) is 4.74. The number of halogens is 1. The van der Waals surface area contributed by atoms with Gasteiger partial charge in [-0.15, -0.1) is 0 Å². The first kappa shape index (κ1) is 10.5. The molecular formula is C9H12BrNO2. The van der Waals surface area contributed by atoms with Gasteiger partial charge in [-0.2, -0.15) is 0 Å². The zero-order valence-electron chi connectivity index (χ0n) is 7.38. The van der Waals surface area contributed by atoms with Gasteiger partial charge in [0.05, 0.1) is 6.61 Å². The summed E-state index contributed by atoms with van der Waals surface area (Å²) in [4.78, 5) is 4.44. The summed E-state index contributed by atoms with van der Waals surface area (Å²) in [6, 6.07) is 3.60. The van der Waals surface area contributed by atoms with E-state index in [1.165, 1.54) is 0 Å². The molecule has 1 aromatic rings. The molecule has 0 aliphatic rings. The predicted octanol–water partition coefficient (Wildman–Crippen LogP) is 1.90. The van der Waals surface area contributed by atoms with Gasteiger partial charge in [-0.3, -0.25) is 0 Å². The Balaban J connectivity index is 2.88. The molecule has 0 bridgehead atoms. The number of aryl methyl sites for hydroxylation is 1. The van der Waals surface area contributed by atoms with Crippen molar-refractivity contribution >= 4 is 15.9 Å². The van der Waals surface area contributed by atoms with Gasteiger partial charge in [-0.25, -0.2) is 5.90 Å². The molecule has 3 nitrogen and oxygen atoms in total. The standard InChI is InChI=1S/C9H12BrNO2/c1-6-4-9(12)7(2-3-13-11)5-8(6)10/h4-5,12H,2-3,11H2,1H3. The molecule has 1 aromatic carbocycles. The maximum Gasteiger partial charge on any atom is 0.119 e. The molecule has 0 saturated heterocycles. The minimum Gasteiger partial charge on any atom is -0.508 e. The second-order valence-electron chi connectivity index (χ2n) is 2.85.